The molecule has 0 unspecified atom stereocenters. The van der Waals surface area contributed by atoms with Crippen LogP contribution in [0.4, 0.5) is 0 Å². The summed E-state index contributed by atoms with van der Waals surface area (Å²) in [7, 11) is 0. The lowest BCUT2D eigenvalue weighted by atomic mass is 10.0. The second kappa shape index (κ2) is 5.85. The minimum Gasteiger partial charge on any atom is -0.381 e. The number of halogens is 1. The number of H-pyrrole nitrogens is 1. The van der Waals surface area contributed by atoms with Crippen LogP contribution in [0.3, 0.4) is 0 Å². The van der Waals surface area contributed by atoms with Gasteiger partial charge in [0.15, 0.2) is 0 Å². The summed E-state index contributed by atoms with van der Waals surface area (Å²) >= 11 is 5.94. The molecule has 1 aromatic heterocycles. The summed E-state index contributed by atoms with van der Waals surface area (Å²) in [5, 5.41) is 4.61. The molecule has 2 N–H and O–H groups in total. The fraction of sp³-hybridized carbons (Fsp3) is 0.400. The zero-order valence-electron chi connectivity index (χ0n) is 11.1. The highest BCUT2D eigenvalue weighted by Gasteiger charge is 2.16. The van der Waals surface area contributed by atoms with Crippen LogP contribution >= 0.6 is 11.6 Å². The standard InChI is InChI=1S/C15H17ClN2O2/c16-12-1-2-13-11(7-12)8-14(18-13)15(19)17-9-10-3-5-20-6-4-10/h1-2,7-8,10,18H,3-6,9H2,(H,17,19). The molecule has 1 amide bonds. The van der Waals surface area contributed by atoms with E-state index in [1.165, 1.54) is 0 Å². The van der Waals surface area contributed by atoms with Gasteiger partial charge >= 0.3 is 0 Å². The van der Waals surface area contributed by atoms with Gasteiger partial charge in [-0.05, 0) is 43.0 Å². The van der Waals surface area contributed by atoms with Crippen LogP contribution in [0.25, 0.3) is 10.9 Å². The highest BCUT2D eigenvalue weighted by Crippen LogP contribution is 2.20. The van der Waals surface area contributed by atoms with Gasteiger partial charge in [0.25, 0.3) is 5.91 Å². The summed E-state index contributed by atoms with van der Waals surface area (Å²) in [6, 6.07) is 7.38. The summed E-state index contributed by atoms with van der Waals surface area (Å²) in [5.41, 5.74) is 1.50. The van der Waals surface area contributed by atoms with Gasteiger partial charge < -0.3 is 15.0 Å². The van der Waals surface area contributed by atoms with Crippen molar-refractivity contribution in [3.05, 3.63) is 35.0 Å². The van der Waals surface area contributed by atoms with Crippen LogP contribution in [0.2, 0.25) is 5.02 Å². The van der Waals surface area contributed by atoms with Gasteiger partial charge in [0, 0.05) is 35.7 Å². The van der Waals surface area contributed by atoms with Gasteiger partial charge in [-0.2, -0.15) is 0 Å². The van der Waals surface area contributed by atoms with Crippen molar-refractivity contribution in [2.75, 3.05) is 19.8 Å². The number of nitrogens with one attached hydrogen (secondary N) is 2. The van der Waals surface area contributed by atoms with E-state index in [0.717, 1.165) is 37.0 Å². The molecule has 0 aliphatic carbocycles. The van der Waals surface area contributed by atoms with Crippen LogP contribution in [-0.4, -0.2) is 30.6 Å². The lowest BCUT2D eigenvalue weighted by molar-refractivity contribution is 0.0642. The van der Waals surface area contributed by atoms with E-state index in [9.17, 15) is 4.79 Å². The highest BCUT2D eigenvalue weighted by atomic mass is 35.5. The average Bonchev–Trinajstić information content (AvgIpc) is 2.89. The monoisotopic (exact) mass is 292 g/mol. The number of fused-ring (bicyclic) bond motifs is 1. The van der Waals surface area contributed by atoms with E-state index < -0.39 is 0 Å². The summed E-state index contributed by atoms with van der Waals surface area (Å²) < 4.78 is 5.31. The van der Waals surface area contributed by atoms with Crippen molar-refractivity contribution in [3.8, 4) is 0 Å². The number of carbonyl (C=O) groups excluding carboxylic acids is 1. The van der Waals surface area contributed by atoms with Gasteiger partial charge in [-0.15, -0.1) is 0 Å². The Hall–Kier alpha value is -1.52. The molecule has 2 heterocycles. The Balaban J connectivity index is 1.65. The number of carbonyl (C=O) groups is 1. The Labute approximate surface area is 122 Å². The van der Waals surface area contributed by atoms with E-state index in [-0.39, 0.29) is 5.91 Å². The van der Waals surface area contributed by atoms with Crippen molar-refractivity contribution in [3.63, 3.8) is 0 Å². The molecule has 106 valence electrons. The third-order valence-electron chi connectivity index (χ3n) is 3.72. The number of aromatic amines is 1. The van der Waals surface area contributed by atoms with Crippen molar-refractivity contribution in [1.82, 2.24) is 10.3 Å². The summed E-state index contributed by atoms with van der Waals surface area (Å²) in [5.74, 6) is 0.454. The van der Waals surface area contributed by atoms with E-state index in [1.807, 2.05) is 24.3 Å². The number of aromatic nitrogens is 1. The van der Waals surface area contributed by atoms with E-state index in [2.05, 4.69) is 10.3 Å². The molecule has 1 fully saturated rings. The second-order valence-electron chi connectivity index (χ2n) is 5.18. The molecule has 0 atom stereocenters. The Kier molecular flexibility index (Phi) is 3.94. The van der Waals surface area contributed by atoms with Crippen molar-refractivity contribution in [2.24, 2.45) is 5.92 Å². The molecule has 4 nitrogen and oxygen atoms in total. The smallest absolute Gasteiger partial charge is 0.267 e. The molecule has 0 bridgehead atoms. The van der Waals surface area contributed by atoms with Gasteiger partial charge in [0.2, 0.25) is 0 Å². The highest BCUT2D eigenvalue weighted by molar-refractivity contribution is 6.31. The topological polar surface area (TPSA) is 54.1 Å². The molecule has 2 aromatic rings. The predicted molar refractivity (Wildman–Crippen MR) is 79.2 cm³/mol. The average molecular weight is 293 g/mol. The maximum atomic E-state index is 12.1. The molecular weight excluding hydrogens is 276 g/mol. The maximum Gasteiger partial charge on any atom is 0.267 e. The maximum absolute atomic E-state index is 12.1. The zero-order chi connectivity index (χ0) is 13.9. The normalized spacial score (nSPS) is 16.4. The van der Waals surface area contributed by atoms with Crippen LogP contribution < -0.4 is 5.32 Å². The van der Waals surface area contributed by atoms with E-state index >= 15 is 0 Å². The van der Waals surface area contributed by atoms with Crippen molar-refractivity contribution in [2.45, 2.75) is 12.8 Å². The number of hydrogen-bond acceptors (Lipinski definition) is 2. The van der Waals surface area contributed by atoms with Crippen molar-refractivity contribution in [1.29, 1.82) is 0 Å². The summed E-state index contributed by atoms with van der Waals surface area (Å²) in [4.78, 5) is 15.3. The Bertz CT molecular complexity index is 617. The number of ether oxygens (including phenoxy) is 1. The van der Waals surface area contributed by atoms with Gasteiger partial charge in [0.05, 0.1) is 0 Å². The first-order valence-electron chi connectivity index (χ1n) is 6.86. The second-order valence-corrected chi connectivity index (χ2v) is 5.62. The van der Waals surface area contributed by atoms with E-state index in [4.69, 9.17) is 16.3 Å². The van der Waals surface area contributed by atoms with E-state index in [0.29, 0.717) is 23.2 Å². The molecule has 0 radical (unpaired) electrons. The van der Waals surface area contributed by atoms with Gasteiger partial charge in [-0.1, -0.05) is 11.6 Å². The number of amides is 1. The molecule has 0 saturated carbocycles. The Morgan fingerprint density at radius 2 is 2.15 bits per heavy atom. The minimum absolute atomic E-state index is 0.0659. The molecule has 1 saturated heterocycles. The molecule has 5 heteroatoms. The first-order chi connectivity index (χ1) is 9.72. The first-order valence-corrected chi connectivity index (χ1v) is 7.24. The van der Waals surface area contributed by atoms with Crippen molar-refractivity contribution < 1.29 is 9.53 Å². The third-order valence-corrected chi connectivity index (χ3v) is 3.95. The van der Waals surface area contributed by atoms with Crippen molar-refractivity contribution >= 4 is 28.4 Å². The van der Waals surface area contributed by atoms with Crippen LogP contribution in [0, 0.1) is 5.92 Å². The first kappa shape index (κ1) is 13.5. The lowest BCUT2D eigenvalue weighted by Gasteiger charge is -2.21. The quantitative estimate of drug-likeness (QED) is 0.914. The largest absolute Gasteiger partial charge is 0.381 e. The van der Waals surface area contributed by atoms with Gasteiger partial charge in [-0.3, -0.25) is 4.79 Å². The molecule has 3 rings (SSSR count). The molecule has 0 spiro atoms. The van der Waals surface area contributed by atoms with Gasteiger partial charge in [0.1, 0.15) is 5.69 Å². The fourth-order valence-electron chi connectivity index (χ4n) is 2.51. The fourth-order valence-corrected chi connectivity index (χ4v) is 2.69. The molecule has 1 aromatic carbocycles. The molecule has 1 aliphatic rings. The number of benzene rings is 1. The predicted octanol–water partition coefficient (Wildman–Crippen LogP) is 2.98. The minimum atomic E-state index is -0.0659. The molecule has 1 aliphatic heterocycles. The number of rotatable bonds is 3. The lowest BCUT2D eigenvalue weighted by Crippen LogP contribution is -2.32. The summed E-state index contributed by atoms with van der Waals surface area (Å²) in [6.07, 6.45) is 2.03. The SMILES string of the molecule is O=C(NCC1CCOCC1)c1cc2cc(Cl)ccc2[nH]1. The van der Waals surface area contributed by atoms with Crippen LogP contribution in [-0.2, 0) is 4.74 Å². The Morgan fingerprint density at radius 3 is 2.95 bits per heavy atom. The van der Waals surface area contributed by atoms with Crippen LogP contribution in [0.15, 0.2) is 24.3 Å². The Morgan fingerprint density at radius 1 is 1.35 bits per heavy atom. The third kappa shape index (κ3) is 2.97. The molecular formula is C15H17ClN2O2. The van der Waals surface area contributed by atoms with Crippen LogP contribution in [0.5, 0.6) is 0 Å². The van der Waals surface area contributed by atoms with Crippen LogP contribution in [0.1, 0.15) is 23.3 Å². The van der Waals surface area contributed by atoms with Gasteiger partial charge in [-0.25, -0.2) is 0 Å². The molecule has 20 heavy (non-hydrogen) atoms. The zero-order valence-corrected chi connectivity index (χ0v) is 11.9. The van der Waals surface area contributed by atoms with E-state index in [1.54, 1.807) is 0 Å². The summed E-state index contributed by atoms with van der Waals surface area (Å²) in [6.45, 7) is 2.30. The number of hydrogen-bond donors (Lipinski definition) is 2.